The standard InChI is InChI=1S/C26H28FN3O2/c27-22-8-6-7-21(19-22)25(24-11-4-5-14-28-24)29-26(31)20-12-15-30(16-13-20)17-18-32-23-9-2-1-3-10-23/h1-11,14,19-20,25H,12-13,15-18H2,(H,29,31)/t25-/m1/s1. The Morgan fingerprint density at radius 1 is 1.06 bits per heavy atom. The van der Waals surface area contributed by atoms with E-state index >= 15 is 0 Å². The van der Waals surface area contributed by atoms with Crippen LogP contribution >= 0.6 is 0 Å². The minimum atomic E-state index is -0.475. The first-order valence-electron chi connectivity index (χ1n) is 11.1. The van der Waals surface area contributed by atoms with Gasteiger partial charge in [0.2, 0.25) is 5.91 Å². The lowest BCUT2D eigenvalue weighted by Gasteiger charge is -2.32. The average molecular weight is 434 g/mol. The molecule has 3 aromatic rings. The van der Waals surface area contributed by atoms with Crippen LogP contribution in [0.4, 0.5) is 4.39 Å². The molecular weight excluding hydrogens is 405 g/mol. The maximum atomic E-state index is 13.8. The van der Waals surface area contributed by atoms with Gasteiger partial charge in [-0.2, -0.15) is 0 Å². The second-order valence-electron chi connectivity index (χ2n) is 8.03. The molecule has 0 saturated carbocycles. The predicted octanol–water partition coefficient (Wildman–Crippen LogP) is 4.22. The van der Waals surface area contributed by atoms with Crippen molar-refractivity contribution in [3.63, 3.8) is 0 Å². The molecular formula is C26H28FN3O2. The minimum absolute atomic E-state index is 0.00917. The normalized spacial score (nSPS) is 15.8. The SMILES string of the molecule is O=C(N[C@H](c1cccc(F)c1)c1ccccn1)C1CCN(CCOc2ccccc2)CC1. The summed E-state index contributed by atoms with van der Waals surface area (Å²) < 4.78 is 19.6. The van der Waals surface area contributed by atoms with Gasteiger partial charge in [-0.05, 0) is 67.9 Å². The Bertz CT molecular complexity index is 992. The smallest absolute Gasteiger partial charge is 0.224 e. The number of nitrogens with one attached hydrogen (secondary N) is 1. The fourth-order valence-corrected chi connectivity index (χ4v) is 4.05. The lowest BCUT2D eigenvalue weighted by atomic mass is 9.94. The first kappa shape index (κ1) is 22.0. The Labute approximate surface area is 188 Å². The van der Waals surface area contributed by atoms with E-state index in [2.05, 4.69) is 15.2 Å². The Hall–Kier alpha value is -3.25. The van der Waals surface area contributed by atoms with E-state index in [1.54, 1.807) is 12.3 Å². The number of carbonyl (C=O) groups is 1. The molecule has 1 fully saturated rings. The summed E-state index contributed by atoms with van der Waals surface area (Å²) in [7, 11) is 0. The molecule has 6 heteroatoms. The number of piperidine rings is 1. The van der Waals surface area contributed by atoms with Gasteiger partial charge >= 0.3 is 0 Å². The summed E-state index contributed by atoms with van der Waals surface area (Å²) in [5.41, 5.74) is 1.38. The van der Waals surface area contributed by atoms with E-state index in [-0.39, 0.29) is 17.6 Å². The molecule has 0 spiro atoms. The molecule has 1 saturated heterocycles. The van der Waals surface area contributed by atoms with Crippen molar-refractivity contribution in [3.05, 3.63) is 96.1 Å². The molecule has 5 nitrogen and oxygen atoms in total. The Morgan fingerprint density at radius 2 is 1.84 bits per heavy atom. The number of hydrogen-bond acceptors (Lipinski definition) is 4. The monoisotopic (exact) mass is 433 g/mol. The molecule has 166 valence electrons. The van der Waals surface area contributed by atoms with Crippen molar-refractivity contribution in [2.75, 3.05) is 26.2 Å². The van der Waals surface area contributed by atoms with Gasteiger partial charge in [0, 0.05) is 18.7 Å². The van der Waals surface area contributed by atoms with Gasteiger partial charge in [0.1, 0.15) is 18.2 Å². The van der Waals surface area contributed by atoms with Crippen LogP contribution in [-0.2, 0) is 4.79 Å². The van der Waals surface area contributed by atoms with Crippen LogP contribution in [0.25, 0.3) is 0 Å². The maximum absolute atomic E-state index is 13.8. The number of para-hydroxylation sites is 1. The van der Waals surface area contributed by atoms with Crippen LogP contribution in [-0.4, -0.2) is 42.0 Å². The number of likely N-dealkylation sites (tertiary alicyclic amines) is 1. The summed E-state index contributed by atoms with van der Waals surface area (Å²) in [4.78, 5) is 19.8. The van der Waals surface area contributed by atoms with E-state index in [9.17, 15) is 9.18 Å². The molecule has 1 aliphatic rings. The third-order valence-electron chi connectivity index (χ3n) is 5.83. The topological polar surface area (TPSA) is 54.5 Å². The third-order valence-corrected chi connectivity index (χ3v) is 5.83. The number of benzene rings is 2. The van der Waals surface area contributed by atoms with E-state index in [1.807, 2.05) is 54.6 Å². The first-order chi connectivity index (χ1) is 15.7. The van der Waals surface area contributed by atoms with Gasteiger partial charge in [-0.25, -0.2) is 4.39 Å². The lowest BCUT2D eigenvalue weighted by molar-refractivity contribution is -0.127. The number of nitrogens with zero attached hydrogens (tertiary/aromatic N) is 2. The number of rotatable bonds is 8. The molecule has 32 heavy (non-hydrogen) atoms. The fourth-order valence-electron chi connectivity index (χ4n) is 4.05. The Morgan fingerprint density at radius 3 is 2.56 bits per heavy atom. The van der Waals surface area contributed by atoms with Crippen LogP contribution in [0.15, 0.2) is 79.0 Å². The molecule has 1 atom stereocenters. The molecule has 4 rings (SSSR count). The molecule has 0 radical (unpaired) electrons. The second kappa shape index (κ2) is 10.9. The van der Waals surface area contributed by atoms with Crippen LogP contribution in [0.2, 0.25) is 0 Å². The van der Waals surface area contributed by atoms with E-state index in [1.165, 1.54) is 12.1 Å². The van der Waals surface area contributed by atoms with Crippen LogP contribution in [0.5, 0.6) is 5.75 Å². The molecule has 2 heterocycles. The van der Waals surface area contributed by atoms with E-state index in [4.69, 9.17) is 4.74 Å². The number of aromatic nitrogens is 1. The Balaban J connectivity index is 1.31. The molecule has 0 bridgehead atoms. The van der Waals surface area contributed by atoms with Crippen LogP contribution < -0.4 is 10.1 Å². The highest BCUT2D eigenvalue weighted by molar-refractivity contribution is 5.79. The van der Waals surface area contributed by atoms with Crippen molar-refractivity contribution >= 4 is 5.91 Å². The van der Waals surface area contributed by atoms with Crippen LogP contribution in [0.1, 0.15) is 30.1 Å². The van der Waals surface area contributed by atoms with Gasteiger partial charge in [0.15, 0.2) is 0 Å². The van der Waals surface area contributed by atoms with Gasteiger partial charge < -0.3 is 10.1 Å². The van der Waals surface area contributed by atoms with E-state index in [0.717, 1.165) is 38.2 Å². The lowest BCUT2D eigenvalue weighted by Crippen LogP contribution is -2.43. The molecule has 1 amide bonds. The highest BCUT2D eigenvalue weighted by atomic mass is 19.1. The summed E-state index contributed by atoms with van der Waals surface area (Å²) in [5, 5.41) is 3.11. The van der Waals surface area contributed by atoms with Crippen molar-refractivity contribution in [1.29, 1.82) is 0 Å². The van der Waals surface area contributed by atoms with Gasteiger partial charge in [-0.1, -0.05) is 36.4 Å². The fraction of sp³-hybridized carbons (Fsp3) is 0.308. The summed E-state index contributed by atoms with van der Waals surface area (Å²) >= 11 is 0. The average Bonchev–Trinajstić information content (AvgIpc) is 2.84. The van der Waals surface area contributed by atoms with Crippen molar-refractivity contribution in [3.8, 4) is 5.75 Å². The number of pyridine rings is 1. The van der Waals surface area contributed by atoms with Gasteiger partial charge in [-0.15, -0.1) is 0 Å². The molecule has 0 aliphatic carbocycles. The number of carbonyl (C=O) groups excluding carboxylic acids is 1. The highest BCUT2D eigenvalue weighted by Crippen LogP contribution is 2.24. The van der Waals surface area contributed by atoms with E-state index in [0.29, 0.717) is 17.9 Å². The van der Waals surface area contributed by atoms with Crippen molar-refractivity contribution in [1.82, 2.24) is 15.2 Å². The van der Waals surface area contributed by atoms with E-state index < -0.39 is 6.04 Å². The van der Waals surface area contributed by atoms with Gasteiger partial charge in [0.05, 0.1) is 11.7 Å². The molecule has 0 unspecified atom stereocenters. The zero-order valence-electron chi connectivity index (χ0n) is 18.0. The first-order valence-corrected chi connectivity index (χ1v) is 11.1. The maximum Gasteiger partial charge on any atom is 0.224 e. The molecule has 2 aromatic carbocycles. The minimum Gasteiger partial charge on any atom is -0.492 e. The summed E-state index contributed by atoms with van der Waals surface area (Å²) in [6.07, 6.45) is 3.26. The van der Waals surface area contributed by atoms with Crippen molar-refractivity contribution < 1.29 is 13.9 Å². The predicted molar refractivity (Wildman–Crippen MR) is 122 cm³/mol. The van der Waals surface area contributed by atoms with Gasteiger partial charge in [-0.3, -0.25) is 14.7 Å². The quantitative estimate of drug-likeness (QED) is 0.578. The number of amides is 1. The molecule has 1 N–H and O–H groups in total. The van der Waals surface area contributed by atoms with Crippen molar-refractivity contribution in [2.45, 2.75) is 18.9 Å². The zero-order chi connectivity index (χ0) is 22.2. The largest absolute Gasteiger partial charge is 0.492 e. The second-order valence-corrected chi connectivity index (χ2v) is 8.03. The summed E-state index contributed by atoms with van der Waals surface area (Å²) in [6.45, 7) is 3.17. The zero-order valence-corrected chi connectivity index (χ0v) is 18.0. The van der Waals surface area contributed by atoms with Crippen LogP contribution in [0.3, 0.4) is 0 Å². The highest BCUT2D eigenvalue weighted by Gasteiger charge is 2.28. The van der Waals surface area contributed by atoms with Crippen molar-refractivity contribution in [2.24, 2.45) is 5.92 Å². The van der Waals surface area contributed by atoms with Crippen LogP contribution in [0, 0.1) is 11.7 Å². The summed E-state index contributed by atoms with van der Waals surface area (Å²) in [6, 6.07) is 21.2. The Kier molecular flexibility index (Phi) is 7.46. The number of ether oxygens (including phenoxy) is 1. The third kappa shape index (κ3) is 5.92. The molecule has 1 aromatic heterocycles. The number of hydrogen-bond donors (Lipinski definition) is 1. The van der Waals surface area contributed by atoms with Gasteiger partial charge in [0.25, 0.3) is 0 Å². The number of halogens is 1. The summed E-state index contributed by atoms with van der Waals surface area (Å²) in [5.74, 6) is 0.467. The molecule has 1 aliphatic heterocycles.